The zero-order valence-corrected chi connectivity index (χ0v) is 18.3. The van der Waals surface area contributed by atoms with E-state index in [1.54, 1.807) is 63.2 Å². The Kier molecular flexibility index (Phi) is 6.74. The van der Waals surface area contributed by atoms with E-state index in [-0.39, 0.29) is 5.91 Å². The highest BCUT2D eigenvalue weighted by molar-refractivity contribution is 5.95. The standard InChI is InChI=1S/C24H28N4O3/c1-24(2,3)31-23(30)26-21-12-10-20(11-13-21)22(29)27(4)15-19-14-25-28(17-19)16-18-8-6-5-7-9-18/h5-14,17H,15-16H2,1-4H3,(H,26,30). The summed E-state index contributed by atoms with van der Waals surface area (Å²) >= 11 is 0. The number of anilines is 1. The van der Waals surface area contributed by atoms with E-state index in [1.165, 1.54) is 5.56 Å². The van der Waals surface area contributed by atoms with E-state index in [1.807, 2.05) is 29.1 Å². The summed E-state index contributed by atoms with van der Waals surface area (Å²) < 4.78 is 7.09. The lowest BCUT2D eigenvalue weighted by Gasteiger charge is -2.20. The first kappa shape index (κ1) is 22.1. The number of carbonyl (C=O) groups excluding carboxylic acids is 2. The molecule has 7 heteroatoms. The molecule has 0 atom stereocenters. The van der Waals surface area contributed by atoms with Crippen LogP contribution in [0.15, 0.2) is 67.0 Å². The Morgan fingerprint density at radius 3 is 2.35 bits per heavy atom. The predicted molar refractivity (Wildman–Crippen MR) is 120 cm³/mol. The van der Waals surface area contributed by atoms with Gasteiger partial charge in [0.25, 0.3) is 5.91 Å². The van der Waals surface area contributed by atoms with E-state index < -0.39 is 11.7 Å². The van der Waals surface area contributed by atoms with Crippen molar-refractivity contribution in [1.82, 2.24) is 14.7 Å². The van der Waals surface area contributed by atoms with Gasteiger partial charge in [-0.05, 0) is 50.6 Å². The number of aromatic nitrogens is 2. The molecule has 3 aromatic rings. The van der Waals surface area contributed by atoms with E-state index in [4.69, 9.17) is 4.74 Å². The lowest BCUT2D eigenvalue weighted by atomic mass is 10.1. The largest absolute Gasteiger partial charge is 0.444 e. The van der Waals surface area contributed by atoms with Crippen molar-refractivity contribution >= 4 is 17.7 Å². The maximum atomic E-state index is 12.8. The minimum absolute atomic E-state index is 0.111. The van der Waals surface area contributed by atoms with Gasteiger partial charge in [0.15, 0.2) is 0 Å². The van der Waals surface area contributed by atoms with Crippen molar-refractivity contribution < 1.29 is 14.3 Å². The van der Waals surface area contributed by atoms with Crippen LogP contribution in [0.5, 0.6) is 0 Å². The van der Waals surface area contributed by atoms with E-state index in [0.717, 1.165) is 5.56 Å². The smallest absolute Gasteiger partial charge is 0.412 e. The summed E-state index contributed by atoms with van der Waals surface area (Å²) in [5, 5.41) is 7.05. The minimum atomic E-state index is -0.572. The van der Waals surface area contributed by atoms with Gasteiger partial charge in [-0.2, -0.15) is 5.10 Å². The van der Waals surface area contributed by atoms with Crippen molar-refractivity contribution in [1.29, 1.82) is 0 Å². The second-order valence-electron chi connectivity index (χ2n) is 8.40. The molecule has 0 radical (unpaired) electrons. The summed E-state index contributed by atoms with van der Waals surface area (Å²) in [6.45, 7) is 6.54. The highest BCUT2D eigenvalue weighted by Crippen LogP contribution is 2.15. The summed E-state index contributed by atoms with van der Waals surface area (Å²) in [5.74, 6) is -0.111. The Morgan fingerprint density at radius 2 is 1.71 bits per heavy atom. The molecule has 7 nitrogen and oxygen atoms in total. The molecule has 1 N–H and O–H groups in total. The number of benzene rings is 2. The van der Waals surface area contributed by atoms with Crippen LogP contribution in [0.4, 0.5) is 10.5 Å². The number of ether oxygens (including phenoxy) is 1. The second kappa shape index (κ2) is 9.47. The van der Waals surface area contributed by atoms with Crippen LogP contribution in [-0.4, -0.2) is 39.3 Å². The molecule has 0 fully saturated rings. The Hall–Kier alpha value is -3.61. The first-order valence-corrected chi connectivity index (χ1v) is 10.1. The summed E-state index contributed by atoms with van der Waals surface area (Å²) in [7, 11) is 1.75. The summed E-state index contributed by atoms with van der Waals surface area (Å²) in [6, 6.07) is 16.8. The molecule has 0 saturated heterocycles. The highest BCUT2D eigenvalue weighted by atomic mass is 16.6. The Labute approximate surface area is 182 Å². The molecular weight excluding hydrogens is 392 g/mol. The van der Waals surface area contributed by atoms with Gasteiger partial charge >= 0.3 is 6.09 Å². The first-order chi connectivity index (χ1) is 14.7. The number of nitrogens with zero attached hydrogens (tertiary/aromatic N) is 3. The lowest BCUT2D eigenvalue weighted by Crippen LogP contribution is -2.27. The Morgan fingerprint density at radius 1 is 1.03 bits per heavy atom. The SMILES string of the molecule is CN(Cc1cnn(Cc2ccccc2)c1)C(=O)c1ccc(NC(=O)OC(C)(C)C)cc1. The van der Waals surface area contributed by atoms with Crippen molar-refractivity contribution in [3.63, 3.8) is 0 Å². The highest BCUT2D eigenvalue weighted by Gasteiger charge is 2.17. The molecule has 0 bridgehead atoms. The van der Waals surface area contributed by atoms with Crippen molar-refractivity contribution in [3.05, 3.63) is 83.7 Å². The Bertz CT molecular complexity index is 1020. The normalized spacial score (nSPS) is 11.1. The fourth-order valence-electron chi connectivity index (χ4n) is 3.03. The average Bonchev–Trinajstić information content (AvgIpc) is 3.14. The molecule has 0 aliphatic rings. The molecule has 0 aliphatic heterocycles. The van der Waals surface area contributed by atoms with Crippen LogP contribution in [0.3, 0.4) is 0 Å². The van der Waals surface area contributed by atoms with Crippen molar-refractivity contribution in [3.8, 4) is 0 Å². The third-order valence-electron chi connectivity index (χ3n) is 4.42. The molecular formula is C24H28N4O3. The molecule has 0 unspecified atom stereocenters. The number of carbonyl (C=O) groups is 2. The summed E-state index contributed by atoms with van der Waals surface area (Å²) in [6.07, 6.45) is 3.20. The van der Waals surface area contributed by atoms with Crippen LogP contribution in [0.25, 0.3) is 0 Å². The van der Waals surface area contributed by atoms with Crippen LogP contribution >= 0.6 is 0 Å². The van der Waals surface area contributed by atoms with Crippen LogP contribution in [0.2, 0.25) is 0 Å². The van der Waals surface area contributed by atoms with E-state index in [9.17, 15) is 9.59 Å². The molecule has 3 rings (SSSR count). The van der Waals surface area contributed by atoms with Crippen molar-refractivity contribution in [2.75, 3.05) is 12.4 Å². The third-order valence-corrected chi connectivity index (χ3v) is 4.42. The zero-order chi connectivity index (χ0) is 22.4. The molecule has 1 heterocycles. The minimum Gasteiger partial charge on any atom is -0.444 e. The number of rotatable bonds is 6. The predicted octanol–water partition coefficient (Wildman–Crippen LogP) is 4.55. The molecule has 2 amide bonds. The van der Waals surface area contributed by atoms with Gasteiger partial charge in [-0.25, -0.2) is 4.79 Å². The maximum Gasteiger partial charge on any atom is 0.412 e. The van der Waals surface area contributed by atoms with Gasteiger partial charge in [0.2, 0.25) is 0 Å². The monoisotopic (exact) mass is 420 g/mol. The zero-order valence-electron chi connectivity index (χ0n) is 18.3. The van der Waals surface area contributed by atoms with E-state index in [0.29, 0.717) is 24.3 Å². The topological polar surface area (TPSA) is 76.5 Å². The number of nitrogens with one attached hydrogen (secondary N) is 1. The summed E-state index contributed by atoms with van der Waals surface area (Å²) in [4.78, 5) is 26.3. The quantitative estimate of drug-likeness (QED) is 0.635. The van der Waals surface area contributed by atoms with Gasteiger partial charge < -0.3 is 9.64 Å². The van der Waals surface area contributed by atoms with Gasteiger partial charge in [-0.1, -0.05) is 30.3 Å². The van der Waals surface area contributed by atoms with Crippen LogP contribution < -0.4 is 5.32 Å². The molecule has 0 spiro atoms. The van der Waals surface area contributed by atoms with Crippen LogP contribution in [-0.2, 0) is 17.8 Å². The second-order valence-corrected chi connectivity index (χ2v) is 8.40. The molecule has 0 aliphatic carbocycles. The van der Waals surface area contributed by atoms with Gasteiger partial charge in [-0.3, -0.25) is 14.8 Å². The molecule has 162 valence electrons. The fraction of sp³-hybridized carbons (Fsp3) is 0.292. The summed E-state index contributed by atoms with van der Waals surface area (Å²) in [5.41, 5.74) is 2.65. The van der Waals surface area contributed by atoms with Crippen molar-refractivity contribution in [2.24, 2.45) is 0 Å². The molecule has 0 saturated carbocycles. The Balaban J connectivity index is 1.56. The first-order valence-electron chi connectivity index (χ1n) is 10.1. The average molecular weight is 421 g/mol. The van der Waals surface area contributed by atoms with Crippen LogP contribution in [0, 0.1) is 0 Å². The van der Waals surface area contributed by atoms with Gasteiger partial charge in [0.1, 0.15) is 5.60 Å². The van der Waals surface area contributed by atoms with E-state index >= 15 is 0 Å². The number of amides is 2. The van der Waals surface area contributed by atoms with Gasteiger partial charge in [0, 0.05) is 36.6 Å². The molecule has 2 aromatic carbocycles. The van der Waals surface area contributed by atoms with Crippen LogP contribution in [0.1, 0.15) is 42.3 Å². The van der Waals surface area contributed by atoms with Gasteiger partial charge in [-0.15, -0.1) is 0 Å². The maximum absolute atomic E-state index is 12.8. The fourth-order valence-corrected chi connectivity index (χ4v) is 3.03. The number of hydrogen-bond acceptors (Lipinski definition) is 4. The third kappa shape index (κ3) is 6.70. The molecule has 1 aromatic heterocycles. The van der Waals surface area contributed by atoms with Crippen molar-refractivity contribution in [2.45, 2.75) is 39.5 Å². The van der Waals surface area contributed by atoms with Gasteiger partial charge in [0.05, 0.1) is 12.7 Å². The molecule has 31 heavy (non-hydrogen) atoms. The van der Waals surface area contributed by atoms with E-state index in [2.05, 4.69) is 22.5 Å². The number of hydrogen-bond donors (Lipinski definition) is 1. The lowest BCUT2D eigenvalue weighted by molar-refractivity contribution is 0.0635.